The molecule has 0 bridgehead atoms. The van der Waals surface area contributed by atoms with Crippen molar-refractivity contribution in [2.24, 2.45) is 7.05 Å². The highest BCUT2D eigenvalue weighted by Gasteiger charge is 1.78. The van der Waals surface area contributed by atoms with E-state index in [9.17, 15) is 0 Å². The zero-order chi connectivity index (χ0) is 9.94. The van der Waals surface area contributed by atoms with Gasteiger partial charge in [0.15, 0.2) is 0 Å². The number of hydrogen-bond donors (Lipinski definition) is 1. The van der Waals surface area contributed by atoms with Crippen molar-refractivity contribution in [2.75, 3.05) is 13.2 Å². The standard InChI is InChI=1S/C6H14O.C4H6N2.BrH/c1-3-5-7-6-4-2;1-6-3-2-5-4-6;/h3-6H2,1-2H3;2-4H,1H3;1H. The molecule has 0 aliphatic rings. The molecule has 0 radical (unpaired) electrons. The van der Waals surface area contributed by atoms with Crippen LogP contribution in [-0.2, 0) is 11.8 Å². The first-order chi connectivity index (χ1) is 6.31. The number of hydrogen-bond acceptors (Lipinski definition) is 1. The first-order valence-electron chi connectivity index (χ1n) is 4.87. The second-order valence-corrected chi connectivity index (χ2v) is 2.89. The van der Waals surface area contributed by atoms with E-state index in [2.05, 4.69) is 18.8 Å². The van der Waals surface area contributed by atoms with Crippen LogP contribution in [0.1, 0.15) is 26.7 Å². The minimum atomic E-state index is 0. The quantitative estimate of drug-likeness (QED) is 0.530. The molecule has 1 rings (SSSR count). The van der Waals surface area contributed by atoms with E-state index < -0.39 is 0 Å². The maximum absolute atomic E-state index is 5.13. The average Bonchev–Trinajstić information content (AvgIpc) is 2.58. The fourth-order valence-corrected chi connectivity index (χ4v) is 0.755. The smallest absolute Gasteiger partial charge is 0.241 e. The summed E-state index contributed by atoms with van der Waals surface area (Å²) >= 11 is 0. The molecule has 0 aliphatic carbocycles. The fraction of sp³-hybridized carbons (Fsp3) is 0.700. The summed E-state index contributed by atoms with van der Waals surface area (Å²) in [5.41, 5.74) is 0. The van der Waals surface area contributed by atoms with Crippen LogP contribution in [0.3, 0.4) is 0 Å². The number of rotatable bonds is 4. The summed E-state index contributed by atoms with van der Waals surface area (Å²) in [7, 11) is 1.97. The molecule has 0 aromatic carbocycles. The summed E-state index contributed by atoms with van der Waals surface area (Å²) in [4.78, 5) is 2.89. The van der Waals surface area contributed by atoms with Crippen molar-refractivity contribution in [2.45, 2.75) is 26.7 Å². The van der Waals surface area contributed by atoms with Gasteiger partial charge < -0.3 is 21.7 Å². The van der Waals surface area contributed by atoms with E-state index in [-0.39, 0.29) is 17.0 Å². The Morgan fingerprint density at radius 3 is 2.00 bits per heavy atom. The first kappa shape index (κ1) is 16.1. The summed E-state index contributed by atoms with van der Waals surface area (Å²) in [6, 6.07) is 0. The highest BCUT2D eigenvalue weighted by molar-refractivity contribution is 4.54. The van der Waals surface area contributed by atoms with Crippen molar-refractivity contribution in [1.29, 1.82) is 0 Å². The molecule has 1 N–H and O–H groups in total. The highest BCUT2D eigenvalue weighted by atomic mass is 79.9. The number of halogens is 1. The van der Waals surface area contributed by atoms with E-state index in [0.29, 0.717) is 0 Å². The molecular weight excluding hydrogens is 244 g/mol. The van der Waals surface area contributed by atoms with E-state index in [1.807, 2.05) is 30.3 Å². The predicted octanol–water partition coefficient (Wildman–Crippen LogP) is -1.33. The van der Waals surface area contributed by atoms with Crippen LogP contribution in [-0.4, -0.2) is 18.2 Å². The largest absolute Gasteiger partial charge is 1.00 e. The second-order valence-electron chi connectivity index (χ2n) is 2.89. The summed E-state index contributed by atoms with van der Waals surface area (Å²) in [5, 5.41) is 0. The Labute approximate surface area is 97.3 Å². The molecule has 3 nitrogen and oxygen atoms in total. The van der Waals surface area contributed by atoms with Gasteiger partial charge in [-0.05, 0) is 12.8 Å². The molecule has 0 atom stereocenters. The third kappa shape index (κ3) is 11.6. The first-order valence-corrected chi connectivity index (χ1v) is 4.87. The Balaban J connectivity index is 0. The van der Waals surface area contributed by atoms with Crippen LogP contribution >= 0.6 is 0 Å². The topological polar surface area (TPSA) is 28.9 Å². The van der Waals surface area contributed by atoms with Crippen molar-refractivity contribution in [1.82, 2.24) is 4.98 Å². The molecule has 0 saturated heterocycles. The minimum absolute atomic E-state index is 0. The van der Waals surface area contributed by atoms with Crippen molar-refractivity contribution in [3.63, 3.8) is 0 Å². The fourth-order valence-electron chi connectivity index (χ4n) is 0.755. The van der Waals surface area contributed by atoms with Crippen LogP contribution in [0.2, 0.25) is 0 Å². The van der Waals surface area contributed by atoms with Gasteiger partial charge >= 0.3 is 0 Å². The number of nitrogens with one attached hydrogen (secondary N) is 1. The lowest BCUT2D eigenvalue weighted by Crippen LogP contribution is -3.00. The van der Waals surface area contributed by atoms with E-state index in [0.717, 1.165) is 26.1 Å². The number of imidazole rings is 1. The molecule has 1 heterocycles. The number of H-pyrrole nitrogens is 1. The molecule has 0 spiro atoms. The average molecular weight is 265 g/mol. The Morgan fingerprint density at radius 1 is 1.21 bits per heavy atom. The molecule has 1 aromatic rings. The van der Waals surface area contributed by atoms with Gasteiger partial charge in [-0.3, -0.25) is 4.98 Å². The Bertz CT molecular complexity index is 174. The summed E-state index contributed by atoms with van der Waals surface area (Å²) in [6.45, 7) is 6.09. The molecule has 0 aliphatic heterocycles. The third-order valence-corrected chi connectivity index (χ3v) is 1.38. The van der Waals surface area contributed by atoms with Gasteiger partial charge in [0, 0.05) is 13.2 Å². The maximum Gasteiger partial charge on any atom is 0.241 e. The Morgan fingerprint density at radius 2 is 1.79 bits per heavy atom. The normalized spacial score (nSPS) is 8.50. The minimum Gasteiger partial charge on any atom is -1.00 e. The van der Waals surface area contributed by atoms with E-state index in [1.165, 1.54) is 0 Å². The molecule has 14 heavy (non-hydrogen) atoms. The molecule has 4 heteroatoms. The van der Waals surface area contributed by atoms with E-state index in [4.69, 9.17) is 4.74 Å². The van der Waals surface area contributed by atoms with Gasteiger partial charge in [-0.15, -0.1) is 0 Å². The molecular formula is C10H21BrN2O. The zero-order valence-electron chi connectivity index (χ0n) is 9.29. The van der Waals surface area contributed by atoms with E-state index in [1.54, 1.807) is 0 Å². The molecule has 0 amide bonds. The molecule has 84 valence electrons. The van der Waals surface area contributed by atoms with Gasteiger partial charge in [0.05, 0.1) is 7.05 Å². The highest BCUT2D eigenvalue weighted by Crippen LogP contribution is 1.81. The Hall–Kier alpha value is -0.350. The number of aromatic amines is 1. The van der Waals surface area contributed by atoms with Gasteiger partial charge in [0.25, 0.3) is 0 Å². The van der Waals surface area contributed by atoms with Gasteiger partial charge in [0.2, 0.25) is 6.33 Å². The monoisotopic (exact) mass is 264 g/mol. The van der Waals surface area contributed by atoms with Crippen molar-refractivity contribution >= 4 is 0 Å². The van der Waals surface area contributed by atoms with Crippen LogP contribution in [0, 0.1) is 0 Å². The van der Waals surface area contributed by atoms with E-state index >= 15 is 0 Å². The molecule has 0 unspecified atom stereocenters. The maximum atomic E-state index is 5.13. The summed E-state index contributed by atoms with van der Waals surface area (Å²) < 4.78 is 7.08. The number of nitrogens with zero attached hydrogens (tertiary/aromatic N) is 1. The van der Waals surface area contributed by atoms with Crippen molar-refractivity contribution in [3.05, 3.63) is 18.7 Å². The number of ether oxygens (including phenoxy) is 1. The molecule has 1 aromatic heterocycles. The van der Waals surface area contributed by atoms with Crippen LogP contribution < -0.4 is 21.5 Å². The van der Waals surface area contributed by atoms with Crippen LogP contribution in [0.15, 0.2) is 18.7 Å². The van der Waals surface area contributed by atoms with Crippen molar-refractivity contribution in [3.8, 4) is 0 Å². The van der Waals surface area contributed by atoms with Crippen LogP contribution in [0.5, 0.6) is 0 Å². The molecule has 0 fully saturated rings. The number of aromatic nitrogens is 2. The second kappa shape index (κ2) is 12.7. The SMILES string of the molecule is CCCOCCC.C[n+]1cc[nH]c1.[Br-]. The van der Waals surface area contributed by atoms with Gasteiger partial charge in [-0.25, -0.2) is 4.57 Å². The van der Waals surface area contributed by atoms with Gasteiger partial charge in [-0.2, -0.15) is 0 Å². The van der Waals surface area contributed by atoms with Crippen LogP contribution in [0.25, 0.3) is 0 Å². The Kier molecular flexibility index (Phi) is 14.5. The summed E-state index contributed by atoms with van der Waals surface area (Å²) in [5.74, 6) is 0. The number of aryl methyl sites for hydroxylation is 1. The third-order valence-electron chi connectivity index (χ3n) is 1.38. The zero-order valence-corrected chi connectivity index (χ0v) is 10.9. The lowest BCUT2D eigenvalue weighted by molar-refractivity contribution is -0.670. The lowest BCUT2D eigenvalue weighted by Gasteiger charge is -1.95. The predicted molar refractivity (Wildman–Crippen MR) is 53.4 cm³/mol. The van der Waals surface area contributed by atoms with Crippen LogP contribution in [0.4, 0.5) is 0 Å². The van der Waals surface area contributed by atoms with Gasteiger partial charge in [0.1, 0.15) is 12.4 Å². The van der Waals surface area contributed by atoms with Crippen molar-refractivity contribution < 1.29 is 26.3 Å². The summed E-state index contributed by atoms with van der Waals surface area (Å²) in [6.07, 6.45) is 7.97. The lowest BCUT2D eigenvalue weighted by atomic mass is 10.5. The molecule has 0 saturated carbocycles. The van der Waals surface area contributed by atoms with Gasteiger partial charge in [-0.1, -0.05) is 13.8 Å².